The molecule has 0 aromatic heterocycles. The van der Waals surface area contributed by atoms with Crippen molar-refractivity contribution in [3.63, 3.8) is 0 Å². The molecule has 0 bridgehead atoms. The van der Waals surface area contributed by atoms with Crippen LogP contribution in [0.2, 0.25) is 0 Å². The fraction of sp³-hybridized carbons (Fsp3) is 0.333. The minimum Gasteiger partial charge on any atom is -0.458 e. The van der Waals surface area contributed by atoms with Crippen molar-refractivity contribution in [3.05, 3.63) is 48.0 Å². The summed E-state index contributed by atoms with van der Waals surface area (Å²) in [6.45, 7) is 3.72. The number of likely N-dealkylation sites (tertiary alicyclic amines) is 1. The lowest BCUT2D eigenvalue weighted by atomic mass is 10.1. The Hall–Kier alpha value is -1.75. The molecule has 20 heavy (non-hydrogen) atoms. The first-order chi connectivity index (χ1) is 9.61. The maximum absolute atomic E-state index is 11.6. The Bertz CT molecular complexity index is 512. The molecule has 1 atom stereocenters. The SMILES string of the molecule is C=CCOC(=O)c1ccc(CS[C@@H]2CC(=O)N2C)cc1. The number of hydrogen-bond donors (Lipinski definition) is 0. The van der Waals surface area contributed by atoms with E-state index in [1.165, 1.54) is 0 Å². The van der Waals surface area contributed by atoms with Crippen LogP contribution in [-0.2, 0) is 15.3 Å². The van der Waals surface area contributed by atoms with Gasteiger partial charge in [0.2, 0.25) is 5.91 Å². The summed E-state index contributed by atoms with van der Waals surface area (Å²) >= 11 is 1.73. The maximum Gasteiger partial charge on any atom is 0.338 e. The average Bonchev–Trinajstić information content (AvgIpc) is 2.49. The van der Waals surface area contributed by atoms with Crippen molar-refractivity contribution in [3.8, 4) is 0 Å². The zero-order valence-electron chi connectivity index (χ0n) is 11.4. The number of thioether (sulfide) groups is 1. The van der Waals surface area contributed by atoms with Gasteiger partial charge in [0, 0.05) is 12.8 Å². The van der Waals surface area contributed by atoms with E-state index in [4.69, 9.17) is 4.74 Å². The molecule has 0 unspecified atom stereocenters. The normalized spacial score (nSPS) is 17.6. The number of amides is 1. The van der Waals surface area contributed by atoms with E-state index in [9.17, 15) is 9.59 Å². The van der Waals surface area contributed by atoms with Gasteiger partial charge in [-0.3, -0.25) is 4.79 Å². The van der Waals surface area contributed by atoms with Crippen molar-refractivity contribution < 1.29 is 14.3 Å². The third-order valence-corrected chi connectivity index (χ3v) is 4.51. The lowest BCUT2D eigenvalue weighted by Crippen LogP contribution is -2.47. The number of carbonyl (C=O) groups is 2. The van der Waals surface area contributed by atoms with Crippen LogP contribution in [-0.4, -0.2) is 35.8 Å². The smallest absolute Gasteiger partial charge is 0.338 e. The first kappa shape index (κ1) is 14.7. The summed E-state index contributed by atoms with van der Waals surface area (Å²) < 4.78 is 4.96. The molecule has 1 aliphatic heterocycles. The van der Waals surface area contributed by atoms with E-state index in [0.29, 0.717) is 12.0 Å². The Balaban J connectivity index is 1.84. The van der Waals surface area contributed by atoms with E-state index in [1.54, 1.807) is 34.9 Å². The largest absolute Gasteiger partial charge is 0.458 e. The van der Waals surface area contributed by atoms with Crippen molar-refractivity contribution >= 4 is 23.6 Å². The van der Waals surface area contributed by atoms with E-state index in [1.807, 2.05) is 19.2 Å². The van der Waals surface area contributed by atoms with Gasteiger partial charge in [-0.25, -0.2) is 4.79 Å². The minimum absolute atomic E-state index is 0.197. The fourth-order valence-electron chi connectivity index (χ4n) is 1.80. The molecular formula is C15H17NO3S. The molecule has 1 saturated heterocycles. The van der Waals surface area contributed by atoms with Gasteiger partial charge in [0.05, 0.1) is 17.4 Å². The number of ether oxygens (including phenoxy) is 1. The number of β-lactam (4-membered cyclic amide) rings is 1. The molecule has 2 rings (SSSR count). The molecule has 4 nitrogen and oxygen atoms in total. The Morgan fingerprint density at radius 1 is 1.50 bits per heavy atom. The Kier molecular flexibility index (Phi) is 4.84. The molecule has 1 amide bonds. The van der Waals surface area contributed by atoms with Crippen LogP contribution in [0.3, 0.4) is 0 Å². The van der Waals surface area contributed by atoms with E-state index in [0.717, 1.165) is 11.3 Å². The highest BCUT2D eigenvalue weighted by Crippen LogP contribution is 2.30. The van der Waals surface area contributed by atoms with Crippen LogP contribution < -0.4 is 0 Å². The second-order valence-electron chi connectivity index (χ2n) is 4.56. The highest BCUT2D eigenvalue weighted by molar-refractivity contribution is 7.99. The molecule has 0 spiro atoms. The van der Waals surface area contributed by atoms with E-state index in [-0.39, 0.29) is 23.9 Å². The molecule has 0 saturated carbocycles. The predicted molar refractivity (Wildman–Crippen MR) is 79.4 cm³/mol. The van der Waals surface area contributed by atoms with Gasteiger partial charge in [-0.05, 0) is 17.7 Å². The van der Waals surface area contributed by atoms with E-state index < -0.39 is 0 Å². The standard InChI is InChI=1S/C15H17NO3S/c1-3-8-19-15(18)12-6-4-11(5-7-12)10-20-14-9-13(17)16(14)2/h3-7,14H,1,8-10H2,2H3/t14-/m1/s1. The van der Waals surface area contributed by atoms with Crippen molar-refractivity contribution in [2.24, 2.45) is 0 Å². The van der Waals surface area contributed by atoms with Crippen molar-refractivity contribution in [2.45, 2.75) is 17.5 Å². The van der Waals surface area contributed by atoms with Gasteiger partial charge in [-0.15, -0.1) is 11.8 Å². The second-order valence-corrected chi connectivity index (χ2v) is 5.72. The minimum atomic E-state index is -0.339. The molecule has 0 aliphatic carbocycles. The number of hydrogen-bond acceptors (Lipinski definition) is 4. The van der Waals surface area contributed by atoms with Crippen LogP contribution in [0, 0.1) is 0 Å². The Labute approximate surface area is 122 Å². The number of esters is 1. The molecule has 1 aromatic carbocycles. The van der Waals surface area contributed by atoms with Crippen LogP contribution in [0.1, 0.15) is 22.3 Å². The molecule has 1 fully saturated rings. The number of benzene rings is 1. The topological polar surface area (TPSA) is 46.6 Å². The molecular weight excluding hydrogens is 274 g/mol. The van der Waals surface area contributed by atoms with Gasteiger partial charge in [0.1, 0.15) is 6.61 Å². The van der Waals surface area contributed by atoms with E-state index >= 15 is 0 Å². The second kappa shape index (κ2) is 6.61. The van der Waals surface area contributed by atoms with Gasteiger partial charge >= 0.3 is 5.97 Å². The average molecular weight is 291 g/mol. The molecule has 1 heterocycles. The Morgan fingerprint density at radius 3 is 2.75 bits per heavy atom. The highest BCUT2D eigenvalue weighted by Gasteiger charge is 2.32. The summed E-state index contributed by atoms with van der Waals surface area (Å²) in [5.74, 6) is 0.681. The molecule has 0 N–H and O–H groups in total. The summed E-state index contributed by atoms with van der Waals surface area (Å²) in [4.78, 5) is 24.5. The summed E-state index contributed by atoms with van der Waals surface area (Å²) in [7, 11) is 1.82. The lowest BCUT2D eigenvalue weighted by Gasteiger charge is -2.36. The molecule has 106 valence electrons. The molecule has 1 aliphatic rings. The summed E-state index contributed by atoms with van der Waals surface area (Å²) in [5.41, 5.74) is 1.67. The van der Waals surface area contributed by atoms with Crippen LogP contribution in [0.5, 0.6) is 0 Å². The number of rotatable bonds is 6. The first-order valence-corrected chi connectivity index (χ1v) is 7.41. The van der Waals surface area contributed by atoms with Gasteiger partial charge in [-0.2, -0.15) is 0 Å². The summed E-state index contributed by atoms with van der Waals surface area (Å²) in [6.07, 6.45) is 2.16. The lowest BCUT2D eigenvalue weighted by molar-refractivity contribution is -0.139. The van der Waals surface area contributed by atoms with Gasteiger partial charge in [0.25, 0.3) is 0 Å². The van der Waals surface area contributed by atoms with Crippen molar-refractivity contribution in [1.82, 2.24) is 4.90 Å². The third kappa shape index (κ3) is 3.42. The van der Waals surface area contributed by atoms with Crippen LogP contribution in [0.15, 0.2) is 36.9 Å². The highest BCUT2D eigenvalue weighted by atomic mass is 32.2. The van der Waals surface area contributed by atoms with Crippen molar-refractivity contribution in [2.75, 3.05) is 13.7 Å². The fourth-order valence-corrected chi connectivity index (χ4v) is 2.98. The van der Waals surface area contributed by atoms with Gasteiger partial charge in [-0.1, -0.05) is 24.8 Å². The van der Waals surface area contributed by atoms with Gasteiger partial charge in [0.15, 0.2) is 0 Å². The van der Waals surface area contributed by atoms with Crippen LogP contribution >= 0.6 is 11.8 Å². The Morgan fingerprint density at radius 2 is 2.20 bits per heavy atom. The summed E-state index contributed by atoms with van der Waals surface area (Å²) in [5, 5.41) is 0.278. The predicted octanol–water partition coefficient (Wildman–Crippen LogP) is 2.45. The maximum atomic E-state index is 11.6. The van der Waals surface area contributed by atoms with Crippen molar-refractivity contribution in [1.29, 1.82) is 0 Å². The first-order valence-electron chi connectivity index (χ1n) is 6.36. The molecule has 0 radical (unpaired) electrons. The summed E-state index contributed by atoms with van der Waals surface area (Å²) in [6, 6.07) is 7.35. The molecule has 5 heteroatoms. The monoisotopic (exact) mass is 291 g/mol. The van der Waals surface area contributed by atoms with Crippen LogP contribution in [0.4, 0.5) is 0 Å². The number of carbonyl (C=O) groups excluding carboxylic acids is 2. The molecule has 1 aromatic rings. The van der Waals surface area contributed by atoms with Gasteiger partial charge < -0.3 is 9.64 Å². The van der Waals surface area contributed by atoms with E-state index in [2.05, 4.69) is 6.58 Å². The quantitative estimate of drug-likeness (QED) is 0.459. The zero-order chi connectivity index (χ0) is 14.5. The zero-order valence-corrected chi connectivity index (χ0v) is 12.2. The third-order valence-electron chi connectivity index (χ3n) is 3.14. The number of nitrogens with zero attached hydrogens (tertiary/aromatic N) is 1. The van der Waals surface area contributed by atoms with Crippen LogP contribution in [0.25, 0.3) is 0 Å².